The normalized spacial score (nSPS) is 15.8. The molecule has 31 heavy (non-hydrogen) atoms. The van der Waals surface area contributed by atoms with Gasteiger partial charge in [-0.25, -0.2) is 9.37 Å². The lowest BCUT2D eigenvalue weighted by Gasteiger charge is -2.24. The van der Waals surface area contributed by atoms with Gasteiger partial charge in [-0.1, -0.05) is 20.8 Å². The first-order chi connectivity index (χ1) is 14.6. The third-order valence-electron chi connectivity index (χ3n) is 5.69. The van der Waals surface area contributed by atoms with Crippen molar-refractivity contribution in [1.82, 2.24) is 19.8 Å². The first kappa shape index (κ1) is 23.1. The summed E-state index contributed by atoms with van der Waals surface area (Å²) in [5, 5.41) is 2.70. The molecule has 0 radical (unpaired) electrons. The molecule has 0 fully saturated rings. The van der Waals surface area contributed by atoms with Crippen molar-refractivity contribution >= 4 is 11.7 Å². The molecule has 1 aliphatic rings. The molecule has 0 saturated carbocycles. The number of hydrogen-bond acceptors (Lipinski definition) is 4. The third-order valence-corrected chi connectivity index (χ3v) is 5.69. The Bertz CT molecular complexity index is 944. The van der Waals surface area contributed by atoms with E-state index in [2.05, 4.69) is 35.6 Å². The average molecular weight is 429 g/mol. The molecule has 1 N–H and O–H groups in total. The van der Waals surface area contributed by atoms with Gasteiger partial charge in [0.2, 0.25) is 5.91 Å². The highest BCUT2D eigenvalue weighted by molar-refractivity contribution is 5.98. The van der Waals surface area contributed by atoms with Gasteiger partial charge in [-0.15, -0.1) is 0 Å². The van der Waals surface area contributed by atoms with Crippen LogP contribution >= 0.6 is 0 Å². The summed E-state index contributed by atoms with van der Waals surface area (Å²) in [6.45, 7) is 8.47. The van der Waals surface area contributed by atoms with Crippen molar-refractivity contribution in [3.05, 3.63) is 41.5 Å². The molecule has 1 aromatic heterocycles. The van der Waals surface area contributed by atoms with E-state index in [1.165, 1.54) is 12.1 Å². The molecule has 2 heterocycles. The van der Waals surface area contributed by atoms with E-state index in [-0.39, 0.29) is 29.3 Å². The topological polar surface area (TPSA) is 67.2 Å². The molecular formula is C24H33FN4O2. The van der Waals surface area contributed by atoms with E-state index in [4.69, 9.17) is 4.98 Å². The van der Waals surface area contributed by atoms with Crippen molar-refractivity contribution in [1.29, 1.82) is 0 Å². The minimum Gasteiger partial charge on any atom is -0.359 e. The number of amides is 1. The zero-order valence-electron chi connectivity index (χ0n) is 19.2. The molecule has 0 unspecified atom stereocenters. The Morgan fingerprint density at radius 3 is 2.48 bits per heavy atom. The van der Waals surface area contributed by atoms with Crippen LogP contribution in [0.25, 0.3) is 11.4 Å². The number of carbonyl (C=O) groups excluding carboxylic acids is 2. The van der Waals surface area contributed by atoms with Gasteiger partial charge in [-0.05, 0) is 56.1 Å². The molecule has 0 saturated heterocycles. The maximum atomic E-state index is 13.5. The standard InChI is InChI=1S/C24H33FN4O2/c1-24(2,3)14-17(23(31)26-4)13-20(30)21-19-15-28(5)11-6-12-29(19)22(27-21)16-7-9-18(25)10-8-16/h7-10,17H,6,11-15H2,1-5H3,(H,26,31)/t17-/m0/s1. The van der Waals surface area contributed by atoms with E-state index in [9.17, 15) is 14.0 Å². The molecule has 1 aromatic carbocycles. The largest absolute Gasteiger partial charge is 0.359 e. The summed E-state index contributed by atoms with van der Waals surface area (Å²) in [6, 6.07) is 6.21. The lowest BCUT2D eigenvalue weighted by molar-refractivity contribution is -0.125. The number of nitrogens with one attached hydrogen (secondary N) is 1. The van der Waals surface area contributed by atoms with Crippen LogP contribution in [0.1, 0.15) is 56.2 Å². The SMILES string of the molecule is CNC(=O)[C@@H](CC(=O)c1nc(-c2ccc(F)cc2)n2c1CN(C)CCC2)CC(C)(C)C. The number of imidazole rings is 1. The molecule has 3 rings (SSSR count). The van der Waals surface area contributed by atoms with Crippen molar-refractivity contribution in [2.45, 2.75) is 53.1 Å². The molecule has 0 aliphatic carbocycles. The van der Waals surface area contributed by atoms with E-state index >= 15 is 0 Å². The Morgan fingerprint density at radius 2 is 1.87 bits per heavy atom. The summed E-state index contributed by atoms with van der Waals surface area (Å²) in [5.74, 6) is -0.277. The molecule has 1 amide bonds. The predicted octanol–water partition coefficient (Wildman–Crippen LogP) is 3.90. The summed E-state index contributed by atoms with van der Waals surface area (Å²) in [7, 11) is 3.63. The zero-order chi connectivity index (χ0) is 22.8. The second-order valence-electron chi connectivity index (χ2n) is 9.68. The molecule has 168 valence electrons. The van der Waals surface area contributed by atoms with Crippen molar-refractivity contribution in [3.8, 4) is 11.4 Å². The lowest BCUT2D eigenvalue weighted by atomic mass is 9.81. The van der Waals surface area contributed by atoms with Gasteiger partial charge in [0.1, 0.15) is 17.3 Å². The molecule has 6 nitrogen and oxygen atoms in total. The van der Waals surface area contributed by atoms with Crippen LogP contribution in [0.4, 0.5) is 4.39 Å². The van der Waals surface area contributed by atoms with Gasteiger partial charge in [0, 0.05) is 38.0 Å². The van der Waals surface area contributed by atoms with Crippen molar-refractivity contribution in [2.75, 3.05) is 20.6 Å². The number of halogens is 1. The van der Waals surface area contributed by atoms with Gasteiger partial charge in [0.05, 0.1) is 5.69 Å². The molecule has 0 spiro atoms. The van der Waals surface area contributed by atoms with Gasteiger partial charge >= 0.3 is 0 Å². The second-order valence-corrected chi connectivity index (χ2v) is 9.68. The summed E-state index contributed by atoms with van der Waals surface area (Å²) in [6.07, 6.45) is 1.67. The summed E-state index contributed by atoms with van der Waals surface area (Å²) < 4.78 is 15.5. The second kappa shape index (κ2) is 9.30. The Labute approximate surface area is 183 Å². The minimum atomic E-state index is -0.410. The molecule has 7 heteroatoms. The lowest BCUT2D eigenvalue weighted by Crippen LogP contribution is -2.32. The van der Waals surface area contributed by atoms with Crippen molar-refractivity contribution in [2.24, 2.45) is 11.3 Å². The Kier molecular flexibility index (Phi) is 6.94. The monoisotopic (exact) mass is 428 g/mol. The highest BCUT2D eigenvalue weighted by Crippen LogP contribution is 2.30. The van der Waals surface area contributed by atoms with Crippen LogP contribution in [-0.4, -0.2) is 46.8 Å². The van der Waals surface area contributed by atoms with E-state index in [1.54, 1.807) is 19.2 Å². The minimum absolute atomic E-state index is 0.0813. The number of carbonyl (C=O) groups is 2. The first-order valence-electron chi connectivity index (χ1n) is 10.9. The molecule has 2 aromatic rings. The predicted molar refractivity (Wildman–Crippen MR) is 119 cm³/mol. The number of benzene rings is 1. The fourth-order valence-corrected chi connectivity index (χ4v) is 4.29. The van der Waals surface area contributed by atoms with E-state index in [0.717, 1.165) is 30.8 Å². The van der Waals surface area contributed by atoms with E-state index in [1.807, 2.05) is 7.05 Å². The number of fused-ring (bicyclic) bond motifs is 1. The molecule has 1 atom stereocenters. The zero-order valence-corrected chi connectivity index (χ0v) is 19.2. The van der Waals surface area contributed by atoms with Crippen LogP contribution in [0, 0.1) is 17.2 Å². The van der Waals surface area contributed by atoms with Crippen LogP contribution in [-0.2, 0) is 17.9 Å². The highest BCUT2D eigenvalue weighted by atomic mass is 19.1. The van der Waals surface area contributed by atoms with Gasteiger partial charge in [-0.3, -0.25) is 9.59 Å². The van der Waals surface area contributed by atoms with Crippen LogP contribution in [0.3, 0.4) is 0 Å². The Morgan fingerprint density at radius 1 is 1.19 bits per heavy atom. The fourth-order valence-electron chi connectivity index (χ4n) is 4.29. The quantitative estimate of drug-likeness (QED) is 0.709. The number of rotatable bonds is 6. The number of nitrogens with zero attached hydrogens (tertiary/aromatic N) is 3. The maximum Gasteiger partial charge on any atom is 0.223 e. The molecular weight excluding hydrogens is 395 g/mol. The Balaban J connectivity index is 2.00. The summed E-state index contributed by atoms with van der Waals surface area (Å²) in [5.41, 5.74) is 2.00. The number of ketones is 1. The van der Waals surface area contributed by atoms with E-state index < -0.39 is 5.92 Å². The van der Waals surface area contributed by atoms with E-state index in [0.29, 0.717) is 24.5 Å². The first-order valence-corrected chi connectivity index (χ1v) is 10.9. The van der Waals surface area contributed by atoms with Crippen LogP contribution in [0.5, 0.6) is 0 Å². The maximum absolute atomic E-state index is 13.5. The smallest absolute Gasteiger partial charge is 0.223 e. The van der Waals surface area contributed by atoms with Gasteiger partial charge in [-0.2, -0.15) is 0 Å². The highest BCUT2D eigenvalue weighted by Gasteiger charge is 2.31. The van der Waals surface area contributed by atoms with Crippen molar-refractivity contribution < 1.29 is 14.0 Å². The van der Waals surface area contributed by atoms with Crippen LogP contribution in [0.2, 0.25) is 0 Å². The summed E-state index contributed by atoms with van der Waals surface area (Å²) >= 11 is 0. The fraction of sp³-hybridized carbons (Fsp3) is 0.542. The number of aromatic nitrogens is 2. The third kappa shape index (κ3) is 5.58. The van der Waals surface area contributed by atoms with Gasteiger partial charge < -0.3 is 14.8 Å². The van der Waals surface area contributed by atoms with Gasteiger partial charge in [0.15, 0.2) is 5.78 Å². The van der Waals surface area contributed by atoms with Crippen molar-refractivity contribution in [3.63, 3.8) is 0 Å². The van der Waals surface area contributed by atoms with Crippen LogP contribution < -0.4 is 5.32 Å². The van der Waals surface area contributed by atoms with Crippen LogP contribution in [0.15, 0.2) is 24.3 Å². The molecule has 1 aliphatic heterocycles. The Hall–Kier alpha value is -2.54. The number of Topliss-reactive ketones (excluding diaryl/α,β-unsaturated/α-hetero) is 1. The average Bonchev–Trinajstić information content (AvgIpc) is 2.93. The molecule has 0 bridgehead atoms. The summed E-state index contributed by atoms with van der Waals surface area (Å²) in [4.78, 5) is 32.8. The number of hydrogen-bond donors (Lipinski definition) is 1. The van der Waals surface area contributed by atoms with Gasteiger partial charge in [0.25, 0.3) is 0 Å².